The monoisotopic (exact) mass is 364 g/mol. The number of rotatable bonds is 3. The Morgan fingerprint density at radius 3 is 1.85 bits per heavy atom. The second-order valence-corrected chi connectivity index (χ2v) is 8.06. The Balaban J connectivity index is 3.27. The highest BCUT2D eigenvalue weighted by molar-refractivity contribution is 5.81. The predicted molar refractivity (Wildman–Crippen MR) is 97.3 cm³/mol. The van der Waals surface area contributed by atoms with Gasteiger partial charge in [-0.25, -0.2) is 15.0 Å². The molecule has 0 radical (unpaired) electrons. The second-order valence-electron chi connectivity index (χ2n) is 8.06. The van der Waals surface area contributed by atoms with Gasteiger partial charge in [-0.05, 0) is 54.0 Å². The number of hydrogen-bond acceptors (Lipinski definition) is 5. The van der Waals surface area contributed by atoms with Crippen molar-refractivity contribution in [3.63, 3.8) is 0 Å². The van der Waals surface area contributed by atoms with Crippen LogP contribution in [0, 0.1) is 0 Å². The van der Waals surface area contributed by atoms with Crippen molar-refractivity contribution in [3.05, 3.63) is 35.9 Å². The van der Waals surface area contributed by atoms with Crippen LogP contribution in [0.15, 0.2) is 30.3 Å². The highest BCUT2D eigenvalue weighted by atomic mass is 16.6. The van der Waals surface area contributed by atoms with Crippen LogP contribution in [0.25, 0.3) is 0 Å². The fourth-order valence-electron chi connectivity index (χ4n) is 2.08. The molecule has 0 aliphatic heterocycles. The quantitative estimate of drug-likeness (QED) is 0.652. The van der Waals surface area contributed by atoms with Crippen molar-refractivity contribution in [2.45, 2.75) is 65.2 Å². The summed E-state index contributed by atoms with van der Waals surface area (Å²) in [5.74, 6) is 0. The standard InChI is InChI=1S/C19H28N2O5/c1-17(2,3)25-15(23)20-21(16(24)26-18(4,5)6)19(7,13-22)14-11-9-8-10-12-14/h8-13H,1-7H3,(H,20,23). The van der Waals surface area contributed by atoms with E-state index in [0.717, 1.165) is 5.01 Å². The minimum Gasteiger partial charge on any atom is -0.443 e. The van der Waals surface area contributed by atoms with E-state index in [1.54, 1.807) is 71.9 Å². The topological polar surface area (TPSA) is 84.9 Å². The maximum Gasteiger partial charge on any atom is 0.430 e. The Labute approximate surface area is 154 Å². The van der Waals surface area contributed by atoms with E-state index in [2.05, 4.69) is 5.43 Å². The van der Waals surface area contributed by atoms with Gasteiger partial charge in [0.25, 0.3) is 0 Å². The molecular formula is C19H28N2O5. The summed E-state index contributed by atoms with van der Waals surface area (Å²) >= 11 is 0. The number of ether oxygens (including phenoxy) is 2. The molecule has 1 aromatic carbocycles. The minimum atomic E-state index is -1.49. The molecule has 1 N–H and O–H groups in total. The van der Waals surface area contributed by atoms with Gasteiger partial charge in [0.2, 0.25) is 0 Å². The lowest BCUT2D eigenvalue weighted by atomic mass is 9.93. The van der Waals surface area contributed by atoms with Crippen molar-refractivity contribution in [3.8, 4) is 0 Å². The van der Waals surface area contributed by atoms with E-state index >= 15 is 0 Å². The molecule has 0 spiro atoms. The zero-order valence-corrected chi connectivity index (χ0v) is 16.5. The number of hydrogen-bond donors (Lipinski definition) is 1. The maximum atomic E-state index is 12.7. The number of nitrogens with one attached hydrogen (secondary N) is 1. The van der Waals surface area contributed by atoms with Gasteiger partial charge in [0.15, 0.2) is 6.29 Å². The van der Waals surface area contributed by atoms with Gasteiger partial charge in [0, 0.05) is 0 Å². The number of hydrazine groups is 1. The van der Waals surface area contributed by atoms with E-state index in [1.807, 2.05) is 0 Å². The van der Waals surface area contributed by atoms with Gasteiger partial charge < -0.3 is 14.3 Å². The summed E-state index contributed by atoms with van der Waals surface area (Å²) in [5, 5.41) is 0.856. The molecule has 0 fully saturated rings. The zero-order chi connectivity index (χ0) is 20.2. The summed E-state index contributed by atoms with van der Waals surface area (Å²) in [5.41, 5.74) is -0.206. The van der Waals surface area contributed by atoms with Crippen LogP contribution in [-0.2, 0) is 19.8 Å². The van der Waals surface area contributed by atoms with Crippen LogP contribution in [0.2, 0.25) is 0 Å². The molecule has 1 unspecified atom stereocenters. The Bertz CT molecular complexity index is 646. The van der Waals surface area contributed by atoms with Gasteiger partial charge in [-0.2, -0.15) is 5.01 Å². The van der Waals surface area contributed by atoms with Crippen LogP contribution >= 0.6 is 0 Å². The lowest BCUT2D eigenvalue weighted by molar-refractivity contribution is -0.120. The van der Waals surface area contributed by atoms with Crippen molar-refractivity contribution < 1.29 is 23.9 Å². The van der Waals surface area contributed by atoms with Crippen LogP contribution in [-0.4, -0.2) is 34.7 Å². The van der Waals surface area contributed by atoms with Crippen LogP contribution in [0.1, 0.15) is 54.0 Å². The molecule has 0 aliphatic rings. The molecule has 0 heterocycles. The zero-order valence-electron chi connectivity index (χ0n) is 16.5. The van der Waals surface area contributed by atoms with Crippen LogP contribution < -0.4 is 5.43 Å². The molecule has 0 bridgehead atoms. The molecule has 0 saturated heterocycles. The fourth-order valence-corrected chi connectivity index (χ4v) is 2.08. The SMILES string of the molecule is CC(C)(C)OC(=O)NN(C(=O)OC(C)(C)C)C(C)(C=O)c1ccccc1. The third kappa shape index (κ3) is 6.06. The van der Waals surface area contributed by atoms with Crippen LogP contribution in [0.4, 0.5) is 9.59 Å². The molecule has 7 heteroatoms. The Morgan fingerprint density at radius 2 is 1.42 bits per heavy atom. The largest absolute Gasteiger partial charge is 0.443 e. The average molecular weight is 364 g/mol. The van der Waals surface area contributed by atoms with Gasteiger partial charge in [-0.3, -0.25) is 0 Å². The number of aldehydes is 1. The van der Waals surface area contributed by atoms with Crippen LogP contribution in [0.5, 0.6) is 0 Å². The molecule has 1 aromatic rings. The van der Waals surface area contributed by atoms with Crippen molar-refractivity contribution in [2.75, 3.05) is 0 Å². The van der Waals surface area contributed by atoms with E-state index in [-0.39, 0.29) is 0 Å². The Hall–Kier alpha value is -2.57. The summed E-state index contributed by atoms with van der Waals surface area (Å²) in [6.07, 6.45) is -1.17. The lowest BCUT2D eigenvalue weighted by Crippen LogP contribution is -2.59. The molecule has 0 aliphatic carbocycles. The second kappa shape index (κ2) is 7.76. The van der Waals surface area contributed by atoms with Gasteiger partial charge in [-0.15, -0.1) is 0 Å². The van der Waals surface area contributed by atoms with Gasteiger partial charge in [0.1, 0.15) is 16.7 Å². The first-order valence-electron chi connectivity index (χ1n) is 8.33. The van der Waals surface area contributed by atoms with E-state index < -0.39 is 28.9 Å². The fraction of sp³-hybridized carbons (Fsp3) is 0.526. The molecule has 0 saturated carbocycles. The molecule has 2 amide bonds. The van der Waals surface area contributed by atoms with Crippen molar-refractivity contribution in [2.24, 2.45) is 0 Å². The lowest BCUT2D eigenvalue weighted by Gasteiger charge is -2.38. The third-order valence-electron chi connectivity index (χ3n) is 3.23. The highest BCUT2D eigenvalue weighted by Crippen LogP contribution is 2.27. The molecule has 7 nitrogen and oxygen atoms in total. The summed E-state index contributed by atoms with van der Waals surface area (Å²) in [4.78, 5) is 36.9. The first-order chi connectivity index (χ1) is 11.8. The maximum absolute atomic E-state index is 12.7. The van der Waals surface area contributed by atoms with Gasteiger partial charge in [0.05, 0.1) is 0 Å². The first-order valence-corrected chi connectivity index (χ1v) is 8.33. The van der Waals surface area contributed by atoms with Gasteiger partial charge in [-0.1, -0.05) is 30.3 Å². The predicted octanol–water partition coefficient (Wildman–Crippen LogP) is 3.78. The number of carbonyl (C=O) groups is 3. The summed E-state index contributed by atoms with van der Waals surface area (Å²) < 4.78 is 10.6. The molecule has 1 rings (SSSR count). The van der Waals surface area contributed by atoms with E-state index in [0.29, 0.717) is 11.8 Å². The molecule has 26 heavy (non-hydrogen) atoms. The molecule has 0 aromatic heterocycles. The normalized spacial score (nSPS) is 14.0. The third-order valence-corrected chi connectivity index (χ3v) is 3.23. The van der Waals surface area contributed by atoms with Crippen molar-refractivity contribution >= 4 is 18.5 Å². The van der Waals surface area contributed by atoms with Crippen molar-refractivity contribution in [1.29, 1.82) is 0 Å². The summed E-state index contributed by atoms with van der Waals surface area (Å²) in [7, 11) is 0. The minimum absolute atomic E-state index is 0.511. The summed E-state index contributed by atoms with van der Waals surface area (Å²) in [6, 6.07) is 8.62. The number of amides is 2. The molecule has 1 atom stereocenters. The molecular weight excluding hydrogens is 336 g/mol. The van der Waals surface area contributed by atoms with Crippen LogP contribution in [0.3, 0.4) is 0 Å². The average Bonchev–Trinajstić information content (AvgIpc) is 2.49. The van der Waals surface area contributed by atoms with E-state index in [9.17, 15) is 14.4 Å². The first kappa shape index (κ1) is 21.5. The number of carbonyl (C=O) groups excluding carboxylic acids is 3. The Kier molecular flexibility index (Phi) is 6.41. The Morgan fingerprint density at radius 1 is 0.923 bits per heavy atom. The van der Waals surface area contributed by atoms with E-state index in [1.165, 1.54) is 6.92 Å². The smallest absolute Gasteiger partial charge is 0.430 e. The number of benzene rings is 1. The molecule has 144 valence electrons. The highest BCUT2D eigenvalue weighted by Gasteiger charge is 2.41. The van der Waals surface area contributed by atoms with Crippen molar-refractivity contribution in [1.82, 2.24) is 10.4 Å². The van der Waals surface area contributed by atoms with Gasteiger partial charge >= 0.3 is 12.2 Å². The number of nitrogens with zero attached hydrogens (tertiary/aromatic N) is 1. The van der Waals surface area contributed by atoms with E-state index in [4.69, 9.17) is 9.47 Å². The summed E-state index contributed by atoms with van der Waals surface area (Å²) in [6.45, 7) is 11.7.